The Morgan fingerprint density at radius 2 is 2.18 bits per heavy atom. The number of rotatable bonds is 8. The van der Waals surface area contributed by atoms with Crippen molar-refractivity contribution >= 4 is 0 Å². The number of pyridine rings is 1. The first-order valence-corrected chi connectivity index (χ1v) is 6.17. The number of hydrogen-bond donors (Lipinski definition) is 1. The summed E-state index contributed by atoms with van der Waals surface area (Å²) in [6, 6.07) is 4.29. The van der Waals surface area contributed by atoms with Gasteiger partial charge >= 0.3 is 0 Å². The molecule has 17 heavy (non-hydrogen) atoms. The van der Waals surface area contributed by atoms with Gasteiger partial charge in [-0.1, -0.05) is 6.92 Å². The molecule has 0 aliphatic heterocycles. The van der Waals surface area contributed by atoms with Crippen molar-refractivity contribution in [2.45, 2.75) is 26.8 Å². The fourth-order valence-electron chi connectivity index (χ4n) is 1.55. The van der Waals surface area contributed by atoms with Gasteiger partial charge < -0.3 is 14.8 Å². The molecule has 0 aliphatic rings. The molecule has 1 N–H and O–H groups in total. The molecule has 1 heterocycles. The quantitative estimate of drug-likeness (QED) is 0.705. The van der Waals surface area contributed by atoms with Crippen LogP contribution in [0.5, 0.6) is 5.88 Å². The molecule has 4 nitrogen and oxygen atoms in total. The van der Waals surface area contributed by atoms with E-state index in [1.807, 2.05) is 19.1 Å². The van der Waals surface area contributed by atoms with Crippen molar-refractivity contribution in [3.05, 3.63) is 23.9 Å². The van der Waals surface area contributed by atoms with Crippen LogP contribution in [0, 0.1) is 0 Å². The van der Waals surface area contributed by atoms with Crippen LogP contribution >= 0.6 is 0 Å². The van der Waals surface area contributed by atoms with Crippen LogP contribution in [0.15, 0.2) is 18.3 Å². The van der Waals surface area contributed by atoms with Gasteiger partial charge in [0.2, 0.25) is 5.88 Å². The molecular weight excluding hydrogens is 216 g/mol. The van der Waals surface area contributed by atoms with Crippen LogP contribution < -0.4 is 10.1 Å². The molecule has 0 amide bonds. The van der Waals surface area contributed by atoms with Gasteiger partial charge in [0.1, 0.15) is 6.61 Å². The van der Waals surface area contributed by atoms with Gasteiger partial charge in [-0.15, -0.1) is 0 Å². The first-order valence-electron chi connectivity index (χ1n) is 6.17. The first-order chi connectivity index (χ1) is 8.27. The molecule has 0 fully saturated rings. The van der Waals surface area contributed by atoms with Crippen LogP contribution in [0.25, 0.3) is 0 Å². The van der Waals surface area contributed by atoms with Crippen molar-refractivity contribution in [2.24, 2.45) is 0 Å². The Kier molecular flexibility index (Phi) is 6.58. The molecule has 4 heteroatoms. The fraction of sp³-hybridized carbons (Fsp3) is 0.615. The van der Waals surface area contributed by atoms with Crippen LogP contribution in [-0.2, 0) is 4.74 Å². The summed E-state index contributed by atoms with van der Waals surface area (Å²) in [5.41, 5.74) is 1.19. The fourth-order valence-corrected chi connectivity index (χ4v) is 1.55. The maximum Gasteiger partial charge on any atom is 0.213 e. The second-order valence-corrected chi connectivity index (χ2v) is 3.75. The molecule has 1 aromatic rings. The maximum atomic E-state index is 5.51. The van der Waals surface area contributed by atoms with Gasteiger partial charge in [0.15, 0.2) is 0 Å². The monoisotopic (exact) mass is 238 g/mol. The van der Waals surface area contributed by atoms with Crippen LogP contribution in [-0.4, -0.2) is 31.3 Å². The van der Waals surface area contributed by atoms with Gasteiger partial charge in [-0.3, -0.25) is 0 Å². The Morgan fingerprint density at radius 3 is 2.88 bits per heavy atom. The Hall–Kier alpha value is -1.13. The summed E-state index contributed by atoms with van der Waals surface area (Å²) in [5.74, 6) is 0.659. The predicted molar refractivity (Wildman–Crippen MR) is 68.3 cm³/mol. The Balaban J connectivity index is 2.47. The third kappa shape index (κ3) is 5.15. The molecule has 0 aromatic carbocycles. The van der Waals surface area contributed by atoms with E-state index < -0.39 is 0 Å². The van der Waals surface area contributed by atoms with E-state index in [4.69, 9.17) is 9.47 Å². The van der Waals surface area contributed by atoms with Crippen LogP contribution in [0.3, 0.4) is 0 Å². The molecule has 0 aliphatic carbocycles. The number of nitrogens with zero attached hydrogens (tertiary/aromatic N) is 1. The van der Waals surface area contributed by atoms with Crippen LogP contribution in [0.1, 0.15) is 32.4 Å². The minimum absolute atomic E-state index is 0.317. The van der Waals surface area contributed by atoms with Gasteiger partial charge in [0.05, 0.1) is 6.61 Å². The summed E-state index contributed by atoms with van der Waals surface area (Å²) in [6.45, 7) is 9.00. The standard InChI is InChI=1S/C13H22N2O2/c1-4-14-11(3)12-6-7-15-13(10-12)17-9-8-16-5-2/h6-7,10-11,14H,4-5,8-9H2,1-3H3. The SMILES string of the molecule is CCNC(C)c1ccnc(OCCOCC)c1. The predicted octanol–water partition coefficient (Wildman–Crippen LogP) is 2.17. The van der Waals surface area contributed by atoms with Crippen molar-refractivity contribution in [2.75, 3.05) is 26.4 Å². The second kappa shape index (κ2) is 8.03. The third-order valence-electron chi connectivity index (χ3n) is 2.45. The van der Waals surface area contributed by atoms with Crippen LogP contribution in [0.2, 0.25) is 0 Å². The normalized spacial score (nSPS) is 12.4. The molecule has 0 saturated carbocycles. The second-order valence-electron chi connectivity index (χ2n) is 3.75. The lowest BCUT2D eigenvalue weighted by Gasteiger charge is -2.13. The molecule has 0 bridgehead atoms. The zero-order valence-corrected chi connectivity index (χ0v) is 10.9. The maximum absolute atomic E-state index is 5.51. The van der Waals surface area contributed by atoms with Gasteiger partial charge in [-0.05, 0) is 32.0 Å². The third-order valence-corrected chi connectivity index (χ3v) is 2.45. The van der Waals surface area contributed by atoms with E-state index in [0.717, 1.165) is 6.54 Å². The van der Waals surface area contributed by atoms with Crippen molar-refractivity contribution in [1.82, 2.24) is 10.3 Å². The van der Waals surface area contributed by atoms with E-state index in [1.54, 1.807) is 6.20 Å². The minimum atomic E-state index is 0.317. The van der Waals surface area contributed by atoms with Gasteiger partial charge in [0, 0.05) is 24.9 Å². The summed E-state index contributed by atoms with van der Waals surface area (Å²) in [7, 11) is 0. The van der Waals surface area contributed by atoms with Gasteiger partial charge in [-0.2, -0.15) is 0 Å². The highest BCUT2D eigenvalue weighted by Gasteiger charge is 2.05. The zero-order valence-electron chi connectivity index (χ0n) is 10.9. The van der Waals surface area contributed by atoms with E-state index in [2.05, 4.69) is 24.1 Å². The average molecular weight is 238 g/mol. The summed E-state index contributed by atoms with van der Waals surface area (Å²) >= 11 is 0. The number of aromatic nitrogens is 1. The average Bonchev–Trinajstić information content (AvgIpc) is 2.35. The summed E-state index contributed by atoms with van der Waals surface area (Å²) < 4.78 is 10.7. The number of ether oxygens (including phenoxy) is 2. The first kappa shape index (κ1) is 13.9. The molecule has 1 rings (SSSR count). The largest absolute Gasteiger partial charge is 0.475 e. The van der Waals surface area contributed by atoms with E-state index in [9.17, 15) is 0 Å². The Labute approximate surface area is 103 Å². The summed E-state index contributed by atoms with van der Waals surface area (Å²) in [5, 5.41) is 3.36. The van der Waals surface area contributed by atoms with E-state index >= 15 is 0 Å². The highest BCUT2D eigenvalue weighted by molar-refractivity contribution is 5.23. The zero-order chi connectivity index (χ0) is 12.5. The van der Waals surface area contributed by atoms with E-state index in [-0.39, 0.29) is 0 Å². The molecular formula is C13H22N2O2. The number of nitrogens with one attached hydrogen (secondary N) is 1. The highest BCUT2D eigenvalue weighted by Crippen LogP contribution is 2.16. The number of hydrogen-bond acceptors (Lipinski definition) is 4. The molecule has 0 saturated heterocycles. The Bertz CT molecular complexity index is 318. The lowest BCUT2D eigenvalue weighted by Crippen LogP contribution is -2.17. The molecule has 96 valence electrons. The highest BCUT2D eigenvalue weighted by atomic mass is 16.5. The lowest BCUT2D eigenvalue weighted by molar-refractivity contribution is 0.108. The van der Waals surface area contributed by atoms with Crippen molar-refractivity contribution in [3.8, 4) is 5.88 Å². The smallest absolute Gasteiger partial charge is 0.213 e. The molecule has 1 atom stereocenters. The van der Waals surface area contributed by atoms with Crippen molar-refractivity contribution < 1.29 is 9.47 Å². The molecule has 1 aromatic heterocycles. The Morgan fingerprint density at radius 1 is 1.35 bits per heavy atom. The summed E-state index contributed by atoms with van der Waals surface area (Å²) in [4.78, 5) is 4.17. The van der Waals surface area contributed by atoms with Crippen molar-refractivity contribution in [1.29, 1.82) is 0 Å². The van der Waals surface area contributed by atoms with Gasteiger partial charge in [0.25, 0.3) is 0 Å². The molecule has 1 unspecified atom stereocenters. The van der Waals surface area contributed by atoms with E-state index in [0.29, 0.717) is 31.7 Å². The topological polar surface area (TPSA) is 43.4 Å². The molecule has 0 spiro atoms. The van der Waals surface area contributed by atoms with Gasteiger partial charge in [-0.25, -0.2) is 4.98 Å². The van der Waals surface area contributed by atoms with Crippen LogP contribution in [0.4, 0.5) is 0 Å². The minimum Gasteiger partial charge on any atom is -0.475 e. The van der Waals surface area contributed by atoms with Crippen molar-refractivity contribution in [3.63, 3.8) is 0 Å². The lowest BCUT2D eigenvalue weighted by atomic mass is 10.1. The molecule has 0 radical (unpaired) electrons. The summed E-state index contributed by atoms with van der Waals surface area (Å²) in [6.07, 6.45) is 1.78. The van der Waals surface area contributed by atoms with E-state index in [1.165, 1.54) is 5.56 Å².